The van der Waals surface area contributed by atoms with Gasteiger partial charge in [0, 0.05) is 5.69 Å². The predicted molar refractivity (Wildman–Crippen MR) is 92.9 cm³/mol. The fraction of sp³-hybridized carbons (Fsp3) is 0.294. The fourth-order valence-corrected chi connectivity index (χ4v) is 3.09. The quantitative estimate of drug-likeness (QED) is 0.794. The summed E-state index contributed by atoms with van der Waals surface area (Å²) >= 11 is 3.18. The third-order valence-electron chi connectivity index (χ3n) is 4.06. The van der Waals surface area contributed by atoms with Crippen LogP contribution < -0.4 is 10.2 Å². The zero-order valence-electron chi connectivity index (χ0n) is 13.4. The van der Waals surface area contributed by atoms with Crippen LogP contribution in [0.15, 0.2) is 45.5 Å². The first-order valence-electron chi connectivity index (χ1n) is 7.95. The van der Waals surface area contributed by atoms with Crippen molar-refractivity contribution >= 4 is 33.4 Å². The standard InChI is InChI=1S/C17H17BrFN3O3/c18-15-5-4-14(25-15)17(24)22-8-6-21(7-9-22)11-16(23)20-13-3-1-2-12(19)10-13/h1-5,10H,6-9,11H2,(H,20,23)/p+1. The number of carbonyl (C=O) groups is 2. The normalized spacial score (nSPS) is 15.2. The fourth-order valence-electron chi connectivity index (χ4n) is 2.79. The van der Waals surface area contributed by atoms with Gasteiger partial charge in [0.25, 0.3) is 11.8 Å². The molecule has 2 amide bonds. The van der Waals surface area contributed by atoms with Crippen LogP contribution in [0.1, 0.15) is 10.6 Å². The Morgan fingerprint density at radius 3 is 2.64 bits per heavy atom. The van der Waals surface area contributed by atoms with Gasteiger partial charge in [0.2, 0.25) is 0 Å². The van der Waals surface area contributed by atoms with Crippen molar-refractivity contribution in [3.63, 3.8) is 0 Å². The van der Waals surface area contributed by atoms with Gasteiger partial charge >= 0.3 is 0 Å². The number of carbonyl (C=O) groups excluding carboxylic acids is 2. The molecule has 0 atom stereocenters. The zero-order chi connectivity index (χ0) is 17.8. The van der Waals surface area contributed by atoms with Crippen molar-refractivity contribution in [3.05, 3.63) is 52.6 Å². The predicted octanol–water partition coefficient (Wildman–Crippen LogP) is 1.16. The van der Waals surface area contributed by atoms with Crippen LogP contribution in [-0.2, 0) is 4.79 Å². The van der Waals surface area contributed by atoms with E-state index in [2.05, 4.69) is 21.2 Å². The Hall–Kier alpha value is -2.19. The van der Waals surface area contributed by atoms with Gasteiger partial charge < -0.3 is 19.5 Å². The number of amides is 2. The minimum atomic E-state index is -0.387. The number of nitrogens with zero attached hydrogens (tertiary/aromatic N) is 1. The molecule has 0 radical (unpaired) electrons. The highest BCUT2D eigenvalue weighted by Gasteiger charge is 2.27. The number of piperazine rings is 1. The van der Waals surface area contributed by atoms with Crippen LogP contribution >= 0.6 is 15.9 Å². The topological polar surface area (TPSA) is 67.0 Å². The van der Waals surface area contributed by atoms with Crippen LogP contribution in [0.4, 0.5) is 10.1 Å². The summed E-state index contributed by atoms with van der Waals surface area (Å²) < 4.78 is 18.9. The van der Waals surface area contributed by atoms with E-state index in [1.807, 2.05) is 0 Å². The average molecular weight is 411 g/mol. The lowest BCUT2D eigenvalue weighted by molar-refractivity contribution is -0.895. The van der Waals surface area contributed by atoms with Crippen LogP contribution in [0.3, 0.4) is 0 Å². The summed E-state index contributed by atoms with van der Waals surface area (Å²) in [4.78, 5) is 27.2. The van der Waals surface area contributed by atoms with Gasteiger partial charge in [-0.2, -0.15) is 0 Å². The molecule has 2 N–H and O–H groups in total. The Balaban J connectivity index is 1.47. The van der Waals surface area contributed by atoms with Crippen LogP contribution in [-0.4, -0.2) is 49.4 Å². The number of quaternary nitrogens is 1. The van der Waals surface area contributed by atoms with Crippen molar-refractivity contribution in [1.29, 1.82) is 0 Å². The van der Waals surface area contributed by atoms with Gasteiger partial charge in [-0.3, -0.25) is 9.59 Å². The van der Waals surface area contributed by atoms with Gasteiger partial charge in [0.1, 0.15) is 5.82 Å². The van der Waals surface area contributed by atoms with Crippen molar-refractivity contribution in [2.45, 2.75) is 0 Å². The Bertz CT molecular complexity index is 772. The summed E-state index contributed by atoms with van der Waals surface area (Å²) in [5.74, 6) is -0.398. The lowest BCUT2D eigenvalue weighted by Gasteiger charge is -2.31. The van der Waals surface area contributed by atoms with E-state index in [4.69, 9.17) is 4.42 Å². The Kier molecular flexibility index (Phi) is 5.50. The van der Waals surface area contributed by atoms with Gasteiger partial charge in [0.05, 0.1) is 26.2 Å². The van der Waals surface area contributed by atoms with Crippen LogP contribution in [0.2, 0.25) is 0 Å². The number of benzene rings is 1. The summed E-state index contributed by atoms with van der Waals surface area (Å²) in [5, 5.41) is 2.69. The van der Waals surface area contributed by atoms with E-state index in [0.29, 0.717) is 42.3 Å². The number of hydrogen-bond acceptors (Lipinski definition) is 3. The lowest BCUT2D eigenvalue weighted by Crippen LogP contribution is -3.15. The minimum Gasteiger partial charge on any atom is -0.444 e. The largest absolute Gasteiger partial charge is 0.444 e. The zero-order valence-corrected chi connectivity index (χ0v) is 15.0. The van der Waals surface area contributed by atoms with Crippen molar-refractivity contribution in [1.82, 2.24) is 4.90 Å². The molecule has 3 rings (SSSR count). The summed E-state index contributed by atoms with van der Waals surface area (Å²) in [6, 6.07) is 9.13. The SMILES string of the molecule is O=C(C[NH+]1CCN(C(=O)c2ccc(Br)o2)CC1)Nc1cccc(F)c1. The molecule has 0 bridgehead atoms. The van der Waals surface area contributed by atoms with E-state index < -0.39 is 0 Å². The molecule has 2 heterocycles. The summed E-state index contributed by atoms with van der Waals surface area (Å²) in [6.07, 6.45) is 0. The maximum absolute atomic E-state index is 13.1. The minimum absolute atomic E-state index is 0.144. The van der Waals surface area contributed by atoms with E-state index in [0.717, 1.165) is 4.90 Å². The lowest BCUT2D eigenvalue weighted by atomic mass is 10.2. The number of rotatable bonds is 4. The molecule has 1 fully saturated rings. The van der Waals surface area contributed by atoms with Crippen molar-refractivity contribution in [2.24, 2.45) is 0 Å². The molecule has 1 saturated heterocycles. The molecule has 8 heteroatoms. The maximum Gasteiger partial charge on any atom is 0.290 e. The van der Waals surface area contributed by atoms with Crippen molar-refractivity contribution in [3.8, 4) is 0 Å². The molecule has 25 heavy (non-hydrogen) atoms. The van der Waals surface area contributed by atoms with Crippen LogP contribution in [0, 0.1) is 5.82 Å². The monoisotopic (exact) mass is 410 g/mol. The molecule has 6 nitrogen and oxygen atoms in total. The second-order valence-corrected chi connectivity index (χ2v) is 6.66. The van der Waals surface area contributed by atoms with E-state index >= 15 is 0 Å². The van der Waals surface area contributed by atoms with Crippen LogP contribution in [0.5, 0.6) is 0 Å². The molecule has 1 aliphatic heterocycles. The molecule has 132 valence electrons. The molecule has 1 aliphatic rings. The third kappa shape index (κ3) is 4.67. The maximum atomic E-state index is 13.1. The second kappa shape index (κ2) is 7.79. The summed E-state index contributed by atoms with van der Waals surface area (Å²) in [5.41, 5.74) is 0.446. The first-order valence-corrected chi connectivity index (χ1v) is 8.74. The average Bonchev–Trinajstić information content (AvgIpc) is 3.01. The smallest absolute Gasteiger partial charge is 0.290 e. The highest BCUT2D eigenvalue weighted by atomic mass is 79.9. The molecule has 1 aromatic carbocycles. The Morgan fingerprint density at radius 1 is 1.24 bits per heavy atom. The molecular weight excluding hydrogens is 393 g/mol. The Labute approximate surface area is 152 Å². The van der Waals surface area contributed by atoms with Gasteiger partial charge in [-0.1, -0.05) is 6.07 Å². The second-order valence-electron chi connectivity index (χ2n) is 5.88. The molecular formula is C17H18BrFN3O3+. The van der Waals surface area contributed by atoms with Crippen molar-refractivity contribution in [2.75, 3.05) is 38.0 Å². The molecule has 0 aliphatic carbocycles. The Morgan fingerprint density at radius 2 is 2.00 bits per heavy atom. The van der Waals surface area contributed by atoms with E-state index in [1.165, 1.54) is 12.1 Å². The highest BCUT2D eigenvalue weighted by Crippen LogP contribution is 2.15. The third-order valence-corrected chi connectivity index (χ3v) is 4.49. The molecule has 0 spiro atoms. The van der Waals surface area contributed by atoms with Crippen LogP contribution in [0.25, 0.3) is 0 Å². The van der Waals surface area contributed by atoms with E-state index in [-0.39, 0.29) is 24.2 Å². The molecule has 2 aromatic rings. The summed E-state index contributed by atoms with van der Waals surface area (Å²) in [7, 11) is 0. The number of anilines is 1. The number of nitrogens with one attached hydrogen (secondary N) is 2. The van der Waals surface area contributed by atoms with Gasteiger partial charge in [-0.05, 0) is 46.3 Å². The molecule has 1 aromatic heterocycles. The van der Waals surface area contributed by atoms with E-state index in [1.54, 1.807) is 29.2 Å². The summed E-state index contributed by atoms with van der Waals surface area (Å²) in [6.45, 7) is 2.73. The van der Waals surface area contributed by atoms with Crippen molar-refractivity contribution < 1.29 is 23.3 Å². The number of halogens is 2. The van der Waals surface area contributed by atoms with Gasteiger partial charge in [-0.15, -0.1) is 0 Å². The highest BCUT2D eigenvalue weighted by molar-refractivity contribution is 9.10. The number of furan rings is 1. The molecule has 0 saturated carbocycles. The first kappa shape index (κ1) is 17.6. The van der Waals surface area contributed by atoms with E-state index in [9.17, 15) is 14.0 Å². The van der Waals surface area contributed by atoms with Gasteiger partial charge in [0.15, 0.2) is 17.0 Å². The number of hydrogen-bond donors (Lipinski definition) is 2. The molecule has 0 unspecified atom stereocenters. The van der Waals surface area contributed by atoms with Gasteiger partial charge in [-0.25, -0.2) is 4.39 Å². The first-order chi connectivity index (χ1) is 12.0.